The highest BCUT2D eigenvalue weighted by atomic mass is 16.5. The number of ether oxygens (including phenoxy) is 1. The number of aliphatic hydroxyl groups is 1. The van der Waals surface area contributed by atoms with Crippen LogP contribution in [0.2, 0.25) is 0 Å². The maximum Gasteiger partial charge on any atom is 0.320 e. The predicted molar refractivity (Wildman–Crippen MR) is 47.3 cm³/mol. The molecule has 0 aromatic carbocycles. The van der Waals surface area contributed by atoms with Crippen molar-refractivity contribution < 1.29 is 19.7 Å². The molecular weight excluding hydrogens is 174 g/mol. The van der Waals surface area contributed by atoms with Crippen molar-refractivity contribution in [3.8, 4) is 0 Å². The van der Waals surface area contributed by atoms with Gasteiger partial charge >= 0.3 is 5.97 Å². The summed E-state index contributed by atoms with van der Waals surface area (Å²) in [5.41, 5.74) is 5.38. The number of hydrogen-bond donors (Lipinski definition) is 3. The van der Waals surface area contributed by atoms with Crippen LogP contribution in [0.25, 0.3) is 0 Å². The highest BCUT2D eigenvalue weighted by Gasteiger charge is 2.29. The number of carboxylic acids is 1. The van der Waals surface area contributed by atoms with Crippen LogP contribution >= 0.6 is 0 Å². The fourth-order valence-electron chi connectivity index (χ4n) is 1.13. The summed E-state index contributed by atoms with van der Waals surface area (Å²) in [5.74, 6) is -1.66. The van der Waals surface area contributed by atoms with Crippen LogP contribution in [0.4, 0.5) is 0 Å². The first-order valence-electron chi connectivity index (χ1n) is 4.20. The quantitative estimate of drug-likeness (QED) is 0.523. The van der Waals surface area contributed by atoms with Gasteiger partial charge < -0.3 is 20.7 Å². The Labute approximate surface area is 77.5 Å². The first kappa shape index (κ1) is 12.3. The van der Waals surface area contributed by atoms with E-state index < -0.39 is 24.0 Å². The number of carboxylic acid groups (broad SMARTS) is 1. The molecule has 0 unspecified atom stereocenters. The van der Waals surface area contributed by atoms with Gasteiger partial charge in [-0.05, 0) is 6.42 Å². The summed E-state index contributed by atoms with van der Waals surface area (Å²) in [7, 11) is 1.45. The van der Waals surface area contributed by atoms with E-state index in [0.717, 1.165) is 0 Å². The van der Waals surface area contributed by atoms with Gasteiger partial charge in [-0.25, -0.2) is 0 Å². The van der Waals surface area contributed by atoms with Crippen LogP contribution in [0.3, 0.4) is 0 Å². The normalized spacial score (nSPS) is 17.8. The maximum atomic E-state index is 10.5. The van der Waals surface area contributed by atoms with Gasteiger partial charge in [0.05, 0.1) is 12.7 Å². The van der Waals surface area contributed by atoms with E-state index in [-0.39, 0.29) is 6.61 Å². The van der Waals surface area contributed by atoms with Crippen molar-refractivity contribution in [2.75, 3.05) is 13.7 Å². The minimum absolute atomic E-state index is 0.155. The van der Waals surface area contributed by atoms with E-state index in [2.05, 4.69) is 0 Å². The molecule has 5 nitrogen and oxygen atoms in total. The summed E-state index contributed by atoms with van der Waals surface area (Å²) in [6, 6.07) is -1.07. The lowest BCUT2D eigenvalue weighted by atomic mass is 9.93. The number of methoxy groups -OCH3 is 1. The van der Waals surface area contributed by atoms with Gasteiger partial charge in [0.15, 0.2) is 0 Å². The predicted octanol–water partition coefficient (Wildman–Crippen LogP) is -0.568. The van der Waals surface area contributed by atoms with Gasteiger partial charge in [0.1, 0.15) is 6.04 Å². The van der Waals surface area contributed by atoms with Crippen molar-refractivity contribution in [2.24, 2.45) is 11.7 Å². The first-order valence-corrected chi connectivity index (χ1v) is 4.20. The fraction of sp³-hybridized carbons (Fsp3) is 0.875. The molecule has 0 aliphatic heterocycles. The minimum Gasteiger partial charge on any atom is -0.480 e. The zero-order valence-corrected chi connectivity index (χ0v) is 7.93. The number of hydrogen-bond acceptors (Lipinski definition) is 4. The Hall–Kier alpha value is -0.650. The van der Waals surface area contributed by atoms with Gasteiger partial charge in [0.2, 0.25) is 0 Å². The lowest BCUT2D eigenvalue weighted by molar-refractivity contribution is -0.142. The van der Waals surface area contributed by atoms with Crippen molar-refractivity contribution in [1.29, 1.82) is 0 Å². The standard InChI is InChI=1S/C8H17NO4/c1-3-6(10)5(4-13-2)7(9)8(11)12/h5-7,10H,3-4,9H2,1-2H3,(H,11,12)/t5-,6+,7-/m1/s1. The van der Waals surface area contributed by atoms with E-state index in [4.69, 9.17) is 15.6 Å². The van der Waals surface area contributed by atoms with Crippen LogP contribution in [0.15, 0.2) is 0 Å². The molecule has 0 fully saturated rings. The van der Waals surface area contributed by atoms with Gasteiger partial charge in [0.25, 0.3) is 0 Å². The van der Waals surface area contributed by atoms with E-state index in [1.165, 1.54) is 7.11 Å². The minimum atomic E-state index is -1.12. The lowest BCUT2D eigenvalue weighted by Gasteiger charge is -2.24. The van der Waals surface area contributed by atoms with Crippen molar-refractivity contribution >= 4 is 5.97 Å². The fourth-order valence-corrected chi connectivity index (χ4v) is 1.13. The van der Waals surface area contributed by atoms with Crippen molar-refractivity contribution in [3.63, 3.8) is 0 Å². The van der Waals surface area contributed by atoms with E-state index in [1.54, 1.807) is 6.92 Å². The van der Waals surface area contributed by atoms with Gasteiger partial charge in [-0.2, -0.15) is 0 Å². The van der Waals surface area contributed by atoms with Gasteiger partial charge in [-0.15, -0.1) is 0 Å². The average Bonchev–Trinajstić information content (AvgIpc) is 2.11. The third kappa shape index (κ3) is 3.71. The molecule has 3 atom stereocenters. The van der Waals surface area contributed by atoms with E-state index >= 15 is 0 Å². The molecule has 5 heteroatoms. The third-order valence-electron chi connectivity index (χ3n) is 2.02. The van der Waals surface area contributed by atoms with Crippen molar-refractivity contribution in [2.45, 2.75) is 25.5 Å². The Bertz CT molecular complexity index is 162. The molecule has 0 aliphatic rings. The Kier molecular flexibility index (Phi) is 5.61. The monoisotopic (exact) mass is 191 g/mol. The topological polar surface area (TPSA) is 92.8 Å². The molecule has 0 aliphatic carbocycles. The molecule has 0 aromatic heterocycles. The van der Waals surface area contributed by atoms with E-state index in [1.807, 2.05) is 0 Å². The van der Waals surface area contributed by atoms with Crippen LogP contribution in [0.1, 0.15) is 13.3 Å². The molecular formula is C8H17NO4. The van der Waals surface area contributed by atoms with Crippen LogP contribution in [0.5, 0.6) is 0 Å². The smallest absolute Gasteiger partial charge is 0.320 e. The van der Waals surface area contributed by atoms with Crippen molar-refractivity contribution in [1.82, 2.24) is 0 Å². The molecule has 0 spiro atoms. The molecule has 0 radical (unpaired) electrons. The maximum absolute atomic E-state index is 10.5. The van der Waals surface area contributed by atoms with Crippen LogP contribution in [-0.4, -0.2) is 42.0 Å². The summed E-state index contributed by atoms with van der Waals surface area (Å²) in [5, 5.41) is 18.1. The summed E-state index contributed by atoms with van der Waals surface area (Å²) in [4.78, 5) is 10.5. The molecule has 0 saturated heterocycles. The molecule has 0 amide bonds. The van der Waals surface area contributed by atoms with Crippen molar-refractivity contribution in [3.05, 3.63) is 0 Å². The number of rotatable bonds is 6. The Balaban J connectivity index is 4.30. The summed E-state index contributed by atoms with van der Waals surface area (Å²) in [6.07, 6.45) is -0.263. The van der Waals surface area contributed by atoms with Crippen LogP contribution in [0, 0.1) is 5.92 Å². The van der Waals surface area contributed by atoms with Gasteiger partial charge in [0, 0.05) is 13.0 Å². The van der Waals surface area contributed by atoms with E-state index in [0.29, 0.717) is 6.42 Å². The number of nitrogens with two attached hydrogens (primary N) is 1. The molecule has 13 heavy (non-hydrogen) atoms. The second kappa shape index (κ2) is 5.90. The summed E-state index contributed by atoms with van der Waals surface area (Å²) in [6.45, 7) is 1.92. The molecule has 0 bridgehead atoms. The van der Waals surface area contributed by atoms with Crippen LogP contribution in [-0.2, 0) is 9.53 Å². The Morgan fingerprint density at radius 3 is 2.46 bits per heavy atom. The second-order valence-corrected chi connectivity index (χ2v) is 2.96. The summed E-state index contributed by atoms with van der Waals surface area (Å²) < 4.78 is 4.79. The largest absolute Gasteiger partial charge is 0.480 e. The molecule has 78 valence electrons. The molecule has 0 aromatic rings. The van der Waals surface area contributed by atoms with Crippen LogP contribution < -0.4 is 5.73 Å². The number of carbonyl (C=O) groups is 1. The SMILES string of the molecule is CC[C@H](O)[C@@H](COC)[C@@H](N)C(=O)O. The zero-order chi connectivity index (χ0) is 10.4. The zero-order valence-electron chi connectivity index (χ0n) is 7.93. The number of aliphatic carboxylic acids is 1. The molecule has 0 rings (SSSR count). The molecule has 0 heterocycles. The average molecular weight is 191 g/mol. The molecule has 0 saturated carbocycles. The summed E-state index contributed by atoms with van der Waals surface area (Å²) >= 11 is 0. The second-order valence-electron chi connectivity index (χ2n) is 2.96. The lowest BCUT2D eigenvalue weighted by Crippen LogP contribution is -2.45. The highest BCUT2D eigenvalue weighted by molar-refractivity contribution is 5.73. The molecule has 4 N–H and O–H groups in total. The Morgan fingerprint density at radius 2 is 2.15 bits per heavy atom. The van der Waals surface area contributed by atoms with Gasteiger partial charge in [-0.3, -0.25) is 4.79 Å². The number of aliphatic hydroxyl groups excluding tert-OH is 1. The van der Waals surface area contributed by atoms with E-state index in [9.17, 15) is 9.90 Å². The highest BCUT2D eigenvalue weighted by Crippen LogP contribution is 2.11. The van der Waals surface area contributed by atoms with Gasteiger partial charge in [-0.1, -0.05) is 6.92 Å². The Morgan fingerprint density at radius 1 is 1.62 bits per heavy atom. The first-order chi connectivity index (χ1) is 6.04. The third-order valence-corrected chi connectivity index (χ3v) is 2.02.